The Labute approximate surface area is 250 Å². The van der Waals surface area contributed by atoms with E-state index in [2.05, 4.69) is 30.5 Å². The highest BCUT2D eigenvalue weighted by Gasteiger charge is 2.22. The van der Waals surface area contributed by atoms with Gasteiger partial charge in [-0.15, -0.1) is 0 Å². The summed E-state index contributed by atoms with van der Waals surface area (Å²) in [7, 11) is -4.74. The maximum Gasteiger partial charge on any atom is 0.469 e. The summed E-state index contributed by atoms with van der Waals surface area (Å²) in [6, 6.07) is 0. The Balaban J connectivity index is 4.03. The lowest BCUT2D eigenvalue weighted by atomic mass is 10.1. The molecule has 0 heterocycles. The first-order valence-electron chi connectivity index (χ1n) is 16.5. The molecule has 0 amide bonds. The largest absolute Gasteiger partial charge is 0.469 e. The van der Waals surface area contributed by atoms with Crippen LogP contribution in [0.1, 0.15) is 162 Å². The molecule has 0 aliphatic carbocycles. The highest BCUT2D eigenvalue weighted by molar-refractivity contribution is 7.46. The third-order valence-electron chi connectivity index (χ3n) is 7.03. The van der Waals surface area contributed by atoms with Gasteiger partial charge in [-0.1, -0.05) is 122 Å². The van der Waals surface area contributed by atoms with E-state index in [4.69, 9.17) is 19.3 Å². The van der Waals surface area contributed by atoms with Crippen LogP contribution in [0, 0.1) is 0 Å². The summed E-state index contributed by atoms with van der Waals surface area (Å²) in [5.74, 6) is -0.894. The molecule has 41 heavy (non-hydrogen) atoms. The second kappa shape index (κ2) is 28.9. The monoisotopic (exact) mass is 604 g/mol. The van der Waals surface area contributed by atoms with Crippen molar-refractivity contribution in [2.24, 2.45) is 0 Å². The molecular weight excluding hydrogens is 543 g/mol. The predicted octanol–water partition coefficient (Wildman–Crippen LogP) is 9.12. The molecule has 0 aromatic carbocycles. The van der Waals surface area contributed by atoms with Crippen molar-refractivity contribution in [3.8, 4) is 0 Å². The Bertz CT molecular complexity index is 691. The number of unbranched alkanes of at least 4 members (excludes halogenated alkanes) is 18. The molecule has 2 N–H and O–H groups in total. The van der Waals surface area contributed by atoms with E-state index in [1.807, 2.05) is 0 Å². The van der Waals surface area contributed by atoms with Gasteiger partial charge < -0.3 is 19.3 Å². The molecule has 0 fully saturated rings. The number of allylic oxidation sites excluding steroid dienone is 2. The number of carbonyl (C=O) groups excluding carboxylic acids is 2. The van der Waals surface area contributed by atoms with E-state index in [1.165, 1.54) is 77.0 Å². The number of carbonyl (C=O) groups is 2. The van der Waals surface area contributed by atoms with Crippen molar-refractivity contribution in [1.29, 1.82) is 0 Å². The number of rotatable bonds is 30. The van der Waals surface area contributed by atoms with E-state index in [-0.39, 0.29) is 19.4 Å². The minimum Gasteiger partial charge on any atom is -0.462 e. The number of esters is 2. The molecule has 0 aromatic rings. The van der Waals surface area contributed by atoms with Crippen molar-refractivity contribution < 1.29 is 37.9 Å². The number of phosphoric ester groups is 1. The van der Waals surface area contributed by atoms with Gasteiger partial charge in [-0.25, -0.2) is 4.57 Å². The predicted molar refractivity (Wildman–Crippen MR) is 166 cm³/mol. The Morgan fingerprint density at radius 2 is 1.02 bits per heavy atom. The first kappa shape index (κ1) is 39.8. The molecule has 9 heteroatoms. The second-order valence-electron chi connectivity index (χ2n) is 11.1. The summed E-state index contributed by atoms with van der Waals surface area (Å²) in [4.78, 5) is 42.4. The molecule has 1 atom stereocenters. The highest BCUT2D eigenvalue weighted by atomic mass is 31.2. The molecule has 0 aliphatic rings. The number of ether oxygens (including phenoxy) is 2. The zero-order valence-corrected chi connectivity index (χ0v) is 27.1. The molecule has 0 unspecified atom stereocenters. The van der Waals surface area contributed by atoms with Gasteiger partial charge in [0.1, 0.15) is 6.61 Å². The second-order valence-corrected chi connectivity index (χ2v) is 12.4. The summed E-state index contributed by atoms with van der Waals surface area (Å²) in [6.45, 7) is 3.62. The van der Waals surface area contributed by atoms with Crippen molar-refractivity contribution in [2.45, 2.75) is 168 Å². The lowest BCUT2D eigenvalue weighted by molar-refractivity contribution is -0.161. The normalized spacial score (nSPS) is 12.6. The fraction of sp³-hybridized carbons (Fsp3) is 0.875. The van der Waals surface area contributed by atoms with Crippen LogP contribution in [0.2, 0.25) is 0 Å². The van der Waals surface area contributed by atoms with Gasteiger partial charge in [-0.3, -0.25) is 14.1 Å². The summed E-state index contributed by atoms with van der Waals surface area (Å²) < 4.78 is 26.1. The van der Waals surface area contributed by atoms with E-state index in [9.17, 15) is 14.2 Å². The van der Waals surface area contributed by atoms with Crippen LogP contribution in [0.5, 0.6) is 0 Å². The van der Waals surface area contributed by atoms with Gasteiger partial charge in [0, 0.05) is 12.8 Å². The quantitative estimate of drug-likeness (QED) is 0.0360. The molecule has 8 nitrogen and oxygen atoms in total. The molecule has 0 bridgehead atoms. The van der Waals surface area contributed by atoms with Crippen LogP contribution in [-0.4, -0.2) is 41.0 Å². The summed E-state index contributed by atoms with van der Waals surface area (Å²) in [5.41, 5.74) is 0. The molecular formula is C32H61O8P. The first-order valence-corrected chi connectivity index (χ1v) is 18.0. The van der Waals surface area contributed by atoms with Crippen LogP contribution in [0.25, 0.3) is 0 Å². The van der Waals surface area contributed by atoms with Crippen LogP contribution in [-0.2, 0) is 28.2 Å². The Kier molecular flexibility index (Phi) is 28.0. The zero-order valence-electron chi connectivity index (χ0n) is 26.2. The van der Waals surface area contributed by atoms with Crippen LogP contribution in [0.4, 0.5) is 0 Å². The smallest absolute Gasteiger partial charge is 0.462 e. The van der Waals surface area contributed by atoms with E-state index in [1.54, 1.807) is 0 Å². The van der Waals surface area contributed by atoms with Gasteiger partial charge in [-0.05, 0) is 38.5 Å². The van der Waals surface area contributed by atoms with Crippen LogP contribution in [0.15, 0.2) is 12.2 Å². The van der Waals surface area contributed by atoms with E-state index >= 15 is 0 Å². The summed E-state index contributed by atoms with van der Waals surface area (Å²) in [6.07, 6.45) is 27.9. The van der Waals surface area contributed by atoms with Crippen LogP contribution < -0.4 is 0 Å². The molecule has 0 radical (unpaired) electrons. The van der Waals surface area contributed by atoms with Gasteiger partial charge in [0.15, 0.2) is 6.10 Å². The van der Waals surface area contributed by atoms with Crippen LogP contribution >= 0.6 is 7.82 Å². The molecule has 0 aliphatic heterocycles. The van der Waals surface area contributed by atoms with Gasteiger partial charge in [0.25, 0.3) is 0 Å². The maximum atomic E-state index is 12.3. The van der Waals surface area contributed by atoms with Crippen molar-refractivity contribution in [2.75, 3.05) is 13.2 Å². The number of hydrogen-bond acceptors (Lipinski definition) is 6. The average Bonchev–Trinajstić information content (AvgIpc) is 2.93. The van der Waals surface area contributed by atoms with Crippen molar-refractivity contribution >= 4 is 19.8 Å². The van der Waals surface area contributed by atoms with E-state index in [0.29, 0.717) is 6.42 Å². The van der Waals surface area contributed by atoms with E-state index in [0.717, 1.165) is 51.4 Å². The third kappa shape index (κ3) is 31.6. The van der Waals surface area contributed by atoms with Crippen molar-refractivity contribution in [1.82, 2.24) is 0 Å². The number of hydrogen-bond donors (Lipinski definition) is 2. The Morgan fingerprint density at radius 3 is 1.51 bits per heavy atom. The van der Waals surface area contributed by atoms with Gasteiger partial charge in [0.05, 0.1) is 6.61 Å². The lowest BCUT2D eigenvalue weighted by Crippen LogP contribution is -2.29. The van der Waals surface area contributed by atoms with E-state index < -0.39 is 32.5 Å². The fourth-order valence-corrected chi connectivity index (χ4v) is 4.90. The maximum absolute atomic E-state index is 12.3. The third-order valence-corrected chi connectivity index (χ3v) is 7.52. The minimum atomic E-state index is -4.74. The molecule has 242 valence electrons. The summed E-state index contributed by atoms with van der Waals surface area (Å²) in [5, 5.41) is 0. The summed E-state index contributed by atoms with van der Waals surface area (Å²) >= 11 is 0. The Hall–Kier alpha value is -1.21. The SMILES string of the molecule is CCCCCC/C=C/CCCCCCCC(=O)O[C@H](COC(=O)CCCCCCCCCCCC)COP(=O)(O)O. The van der Waals surface area contributed by atoms with Crippen LogP contribution in [0.3, 0.4) is 0 Å². The van der Waals surface area contributed by atoms with Crippen molar-refractivity contribution in [3.63, 3.8) is 0 Å². The van der Waals surface area contributed by atoms with Gasteiger partial charge in [0.2, 0.25) is 0 Å². The molecule has 0 spiro atoms. The zero-order chi connectivity index (χ0) is 30.4. The Morgan fingerprint density at radius 1 is 0.610 bits per heavy atom. The van der Waals surface area contributed by atoms with Gasteiger partial charge in [-0.2, -0.15) is 0 Å². The lowest BCUT2D eigenvalue weighted by Gasteiger charge is -2.18. The molecule has 0 saturated carbocycles. The van der Waals surface area contributed by atoms with Gasteiger partial charge >= 0.3 is 19.8 Å². The fourth-order valence-electron chi connectivity index (χ4n) is 4.54. The number of phosphoric acid groups is 1. The average molecular weight is 605 g/mol. The van der Waals surface area contributed by atoms with Crippen molar-refractivity contribution in [3.05, 3.63) is 12.2 Å². The molecule has 0 rings (SSSR count). The first-order chi connectivity index (χ1) is 19.8. The standard InChI is InChI=1S/C32H61O8P/c1-3-5-7-9-11-13-15-16-17-19-21-23-25-27-32(34)40-30(29-39-41(35,36)37)28-38-31(33)26-24-22-20-18-14-12-10-8-6-4-2/h13,15,30H,3-12,14,16-29H2,1-2H3,(H2,35,36,37)/b15-13+/t30-/m1/s1. The highest BCUT2D eigenvalue weighted by Crippen LogP contribution is 2.35. The molecule has 0 aromatic heterocycles. The topological polar surface area (TPSA) is 119 Å². The molecule has 0 saturated heterocycles. The minimum absolute atomic E-state index is 0.205.